The third-order valence-corrected chi connectivity index (χ3v) is 8.00. The Bertz CT molecular complexity index is 1110. The summed E-state index contributed by atoms with van der Waals surface area (Å²) in [5.74, 6) is -0.236. The van der Waals surface area contributed by atoms with E-state index >= 15 is 0 Å². The number of hydrogen-bond donors (Lipinski definition) is 0. The van der Waals surface area contributed by atoms with Crippen LogP contribution in [-0.2, 0) is 34.1 Å². The van der Waals surface area contributed by atoms with Crippen LogP contribution >= 0.6 is 0 Å². The molecule has 3 aliphatic heterocycles. The summed E-state index contributed by atoms with van der Waals surface area (Å²) < 4.78 is 42.4. The van der Waals surface area contributed by atoms with Crippen LogP contribution in [0.25, 0.3) is 0 Å². The molecule has 3 aliphatic rings. The number of rotatable bonds is 2. The number of sulfonamides is 1. The molecule has 2 aromatic rings. The highest BCUT2D eigenvalue weighted by Crippen LogP contribution is 2.41. The average Bonchev–Trinajstić information content (AvgIpc) is 3.10. The Kier molecular flexibility index (Phi) is 3.81. The summed E-state index contributed by atoms with van der Waals surface area (Å²) >= 11 is 0. The summed E-state index contributed by atoms with van der Waals surface area (Å²) in [5.41, 5.74) is 4.04. The van der Waals surface area contributed by atoms with Crippen LogP contribution in [0.3, 0.4) is 0 Å². The van der Waals surface area contributed by atoms with E-state index in [9.17, 15) is 17.6 Å². The molecule has 0 aromatic heterocycles. The number of amides is 1. The van der Waals surface area contributed by atoms with Crippen LogP contribution in [-0.4, -0.2) is 26.9 Å². The molecule has 146 valence electrons. The first kappa shape index (κ1) is 17.7. The van der Waals surface area contributed by atoms with E-state index in [1.807, 2.05) is 6.92 Å². The zero-order valence-electron chi connectivity index (χ0n) is 15.6. The SMILES string of the molecule is C[C@H]1CCc2cc(F)ccc2N1S(=O)(=O)c1cc2c3c(c1)CCN3C(=O)CC2. The van der Waals surface area contributed by atoms with Gasteiger partial charge >= 0.3 is 0 Å². The molecule has 0 saturated heterocycles. The number of halogens is 1. The minimum absolute atomic E-state index is 0.113. The quantitative estimate of drug-likeness (QED) is 0.778. The second-order valence-electron chi connectivity index (χ2n) is 7.85. The van der Waals surface area contributed by atoms with Gasteiger partial charge in [0.15, 0.2) is 0 Å². The molecule has 3 heterocycles. The summed E-state index contributed by atoms with van der Waals surface area (Å²) in [6.45, 7) is 2.51. The third-order valence-electron chi connectivity index (χ3n) is 6.09. The molecule has 0 radical (unpaired) electrons. The number of carbonyl (C=O) groups excluding carboxylic acids is 1. The molecule has 7 heteroatoms. The van der Waals surface area contributed by atoms with Gasteiger partial charge in [-0.2, -0.15) is 0 Å². The third kappa shape index (κ3) is 2.49. The maximum Gasteiger partial charge on any atom is 0.264 e. The van der Waals surface area contributed by atoms with Gasteiger partial charge in [-0.3, -0.25) is 9.10 Å². The van der Waals surface area contributed by atoms with Crippen LogP contribution in [0.1, 0.15) is 36.5 Å². The van der Waals surface area contributed by atoms with Gasteiger partial charge in [-0.05, 0) is 79.6 Å². The first-order chi connectivity index (χ1) is 13.4. The molecule has 0 fully saturated rings. The van der Waals surface area contributed by atoms with Crippen molar-refractivity contribution >= 4 is 27.3 Å². The second-order valence-corrected chi connectivity index (χ2v) is 9.66. The van der Waals surface area contributed by atoms with Crippen LogP contribution in [0.5, 0.6) is 0 Å². The second kappa shape index (κ2) is 6.04. The number of aryl methyl sites for hydroxylation is 2. The smallest absolute Gasteiger partial charge is 0.264 e. The summed E-state index contributed by atoms with van der Waals surface area (Å²) in [5, 5.41) is 0. The van der Waals surface area contributed by atoms with E-state index in [4.69, 9.17) is 0 Å². The molecule has 0 spiro atoms. The molecule has 2 aromatic carbocycles. The molecule has 5 nitrogen and oxygen atoms in total. The fourth-order valence-corrected chi connectivity index (χ4v) is 6.57. The molecule has 0 unspecified atom stereocenters. The molecule has 28 heavy (non-hydrogen) atoms. The zero-order chi connectivity index (χ0) is 19.6. The van der Waals surface area contributed by atoms with E-state index < -0.39 is 10.0 Å². The monoisotopic (exact) mass is 400 g/mol. The molecular weight excluding hydrogens is 379 g/mol. The van der Waals surface area contributed by atoms with Crippen molar-refractivity contribution < 1.29 is 17.6 Å². The van der Waals surface area contributed by atoms with E-state index in [2.05, 4.69) is 0 Å². The Balaban J connectivity index is 1.64. The van der Waals surface area contributed by atoms with E-state index in [0.717, 1.165) is 22.4 Å². The van der Waals surface area contributed by atoms with Gasteiger partial charge in [0.1, 0.15) is 5.82 Å². The lowest BCUT2D eigenvalue weighted by molar-refractivity contribution is -0.118. The Morgan fingerprint density at radius 1 is 1.00 bits per heavy atom. The van der Waals surface area contributed by atoms with Crippen molar-refractivity contribution in [2.24, 2.45) is 0 Å². The van der Waals surface area contributed by atoms with Crippen molar-refractivity contribution in [3.05, 3.63) is 52.8 Å². The average molecular weight is 400 g/mol. The molecule has 1 atom stereocenters. The fraction of sp³-hybridized carbons (Fsp3) is 0.381. The summed E-state index contributed by atoms with van der Waals surface area (Å²) in [7, 11) is -3.79. The maximum atomic E-state index is 13.7. The lowest BCUT2D eigenvalue weighted by atomic mass is 9.99. The van der Waals surface area contributed by atoms with Gasteiger partial charge in [-0.15, -0.1) is 0 Å². The van der Waals surface area contributed by atoms with Crippen molar-refractivity contribution in [1.82, 2.24) is 0 Å². The van der Waals surface area contributed by atoms with Crippen molar-refractivity contribution in [3.8, 4) is 0 Å². The summed E-state index contributed by atoms with van der Waals surface area (Å²) in [4.78, 5) is 14.2. The van der Waals surface area contributed by atoms with Crippen LogP contribution in [0.2, 0.25) is 0 Å². The number of nitrogens with zero attached hydrogens (tertiary/aromatic N) is 2. The van der Waals surface area contributed by atoms with Crippen molar-refractivity contribution in [2.75, 3.05) is 15.7 Å². The minimum Gasteiger partial charge on any atom is -0.312 e. The number of anilines is 2. The van der Waals surface area contributed by atoms with Gasteiger partial charge < -0.3 is 4.90 Å². The van der Waals surface area contributed by atoms with E-state index in [1.54, 1.807) is 23.1 Å². The van der Waals surface area contributed by atoms with Crippen LogP contribution in [0.15, 0.2) is 35.2 Å². The molecule has 0 saturated carbocycles. The molecule has 0 N–H and O–H groups in total. The summed E-state index contributed by atoms with van der Waals surface area (Å²) in [6, 6.07) is 7.55. The molecule has 1 amide bonds. The van der Waals surface area contributed by atoms with Crippen LogP contribution in [0.4, 0.5) is 15.8 Å². The molecule has 0 aliphatic carbocycles. The lowest BCUT2D eigenvalue weighted by Crippen LogP contribution is -2.42. The van der Waals surface area contributed by atoms with Crippen LogP contribution < -0.4 is 9.21 Å². The highest BCUT2D eigenvalue weighted by Gasteiger charge is 2.37. The number of carbonyl (C=O) groups is 1. The van der Waals surface area contributed by atoms with Crippen molar-refractivity contribution in [1.29, 1.82) is 0 Å². The van der Waals surface area contributed by atoms with Gasteiger partial charge in [0, 0.05) is 19.0 Å². The predicted molar refractivity (Wildman–Crippen MR) is 105 cm³/mol. The standard InChI is InChI=1S/C21H21FN2O3S/c1-13-2-3-14-10-17(22)5-6-19(14)24(13)28(26,27)18-11-15-4-7-20(25)23-9-8-16(12-18)21(15)23/h5-6,10-13H,2-4,7-9H2,1H3/t13-/m0/s1. The van der Waals surface area contributed by atoms with Gasteiger partial charge in [-0.1, -0.05) is 0 Å². The van der Waals surface area contributed by atoms with Crippen molar-refractivity contribution in [3.63, 3.8) is 0 Å². The molecular formula is C21H21FN2O3S. The number of fused-ring (bicyclic) bond motifs is 1. The van der Waals surface area contributed by atoms with E-state index in [1.165, 1.54) is 16.4 Å². The summed E-state index contributed by atoms with van der Waals surface area (Å²) in [6.07, 6.45) is 2.97. The Morgan fingerprint density at radius 3 is 2.54 bits per heavy atom. The normalized spacial score (nSPS) is 20.9. The van der Waals surface area contributed by atoms with E-state index in [0.29, 0.717) is 44.3 Å². The predicted octanol–water partition coefficient (Wildman–Crippen LogP) is 3.19. The molecule has 5 rings (SSSR count). The highest BCUT2D eigenvalue weighted by molar-refractivity contribution is 7.92. The maximum absolute atomic E-state index is 13.7. The Morgan fingerprint density at radius 2 is 1.75 bits per heavy atom. The lowest BCUT2D eigenvalue weighted by Gasteiger charge is -2.36. The van der Waals surface area contributed by atoms with E-state index in [-0.39, 0.29) is 22.7 Å². The largest absolute Gasteiger partial charge is 0.312 e. The van der Waals surface area contributed by atoms with Crippen molar-refractivity contribution in [2.45, 2.75) is 50.0 Å². The van der Waals surface area contributed by atoms with Gasteiger partial charge in [0.05, 0.1) is 16.3 Å². The molecule has 0 bridgehead atoms. The Hall–Kier alpha value is -2.41. The zero-order valence-corrected chi connectivity index (χ0v) is 16.4. The topological polar surface area (TPSA) is 57.7 Å². The first-order valence-corrected chi connectivity index (χ1v) is 11.1. The Labute approximate surface area is 163 Å². The van der Waals surface area contributed by atoms with Crippen LogP contribution in [0, 0.1) is 5.82 Å². The highest BCUT2D eigenvalue weighted by atomic mass is 32.2. The van der Waals surface area contributed by atoms with Gasteiger partial charge in [-0.25, -0.2) is 12.8 Å². The number of hydrogen-bond acceptors (Lipinski definition) is 3. The van der Waals surface area contributed by atoms with Gasteiger partial charge in [0.25, 0.3) is 10.0 Å². The fourth-order valence-electron chi connectivity index (χ4n) is 4.74. The first-order valence-electron chi connectivity index (χ1n) is 9.65. The minimum atomic E-state index is -3.79. The number of benzene rings is 2. The van der Waals surface area contributed by atoms with Gasteiger partial charge in [0.2, 0.25) is 5.91 Å².